The van der Waals surface area contributed by atoms with Gasteiger partial charge in [-0.1, -0.05) is 0 Å². The fourth-order valence-electron chi connectivity index (χ4n) is 1.37. The average molecular weight is 297 g/mol. The highest BCUT2D eigenvalue weighted by Gasteiger charge is 2.34. The van der Waals surface area contributed by atoms with Gasteiger partial charge in [0.15, 0.2) is 0 Å². The van der Waals surface area contributed by atoms with Gasteiger partial charge in [-0.05, 0) is 32.0 Å². The third-order valence-electron chi connectivity index (χ3n) is 1.98. The van der Waals surface area contributed by atoms with Gasteiger partial charge >= 0.3 is 6.18 Å². The molecule has 1 aromatic rings. The van der Waals surface area contributed by atoms with Crippen molar-refractivity contribution in [2.24, 2.45) is 0 Å². The third kappa shape index (κ3) is 4.60. The summed E-state index contributed by atoms with van der Waals surface area (Å²) in [5.41, 5.74) is 3.46. The van der Waals surface area contributed by atoms with E-state index in [1.165, 1.54) is 6.07 Å². The van der Waals surface area contributed by atoms with E-state index in [1.807, 2.05) is 4.72 Å². The number of benzene rings is 1. The molecule has 4 N–H and O–H groups in total. The number of anilines is 2. The summed E-state index contributed by atoms with van der Waals surface area (Å²) >= 11 is 0. The van der Waals surface area contributed by atoms with Crippen LogP contribution in [0, 0.1) is 0 Å². The third-order valence-corrected chi connectivity index (χ3v) is 3.25. The maximum Gasteiger partial charge on any atom is 0.418 e. The molecule has 0 amide bonds. The molecule has 1 rings (SSSR count). The van der Waals surface area contributed by atoms with Crippen molar-refractivity contribution in [2.45, 2.75) is 26.1 Å². The van der Waals surface area contributed by atoms with E-state index in [-0.39, 0.29) is 5.69 Å². The van der Waals surface area contributed by atoms with Gasteiger partial charge in [0.1, 0.15) is 0 Å². The van der Waals surface area contributed by atoms with E-state index < -0.39 is 33.7 Å². The Morgan fingerprint density at radius 3 is 2.32 bits per heavy atom. The SMILES string of the molecule is CC(C)NS(=O)(=O)Nc1ccc(N)cc1C(F)(F)F. The summed E-state index contributed by atoms with van der Waals surface area (Å²) in [6.07, 6.45) is -4.70. The van der Waals surface area contributed by atoms with Crippen LogP contribution in [0.5, 0.6) is 0 Å². The van der Waals surface area contributed by atoms with E-state index in [1.54, 1.807) is 13.8 Å². The van der Waals surface area contributed by atoms with Crippen LogP contribution >= 0.6 is 0 Å². The molecule has 0 heterocycles. The Balaban J connectivity index is 3.15. The van der Waals surface area contributed by atoms with Crippen LogP contribution in [-0.4, -0.2) is 14.5 Å². The van der Waals surface area contributed by atoms with Crippen molar-refractivity contribution in [1.29, 1.82) is 0 Å². The topological polar surface area (TPSA) is 84.2 Å². The van der Waals surface area contributed by atoms with Crippen LogP contribution in [0.15, 0.2) is 18.2 Å². The van der Waals surface area contributed by atoms with Crippen molar-refractivity contribution >= 4 is 21.6 Å². The smallest absolute Gasteiger partial charge is 0.399 e. The van der Waals surface area contributed by atoms with Crippen molar-refractivity contribution in [1.82, 2.24) is 4.72 Å². The van der Waals surface area contributed by atoms with Crippen molar-refractivity contribution in [3.8, 4) is 0 Å². The van der Waals surface area contributed by atoms with Crippen molar-refractivity contribution in [2.75, 3.05) is 10.5 Å². The van der Waals surface area contributed by atoms with Gasteiger partial charge in [0.25, 0.3) is 10.2 Å². The normalized spacial score (nSPS) is 12.7. The summed E-state index contributed by atoms with van der Waals surface area (Å²) < 4.78 is 65.3. The molecule has 0 unspecified atom stereocenters. The Morgan fingerprint density at radius 1 is 1.26 bits per heavy atom. The van der Waals surface area contributed by atoms with Crippen molar-refractivity contribution in [3.05, 3.63) is 23.8 Å². The molecule has 1 aromatic carbocycles. The van der Waals surface area contributed by atoms with E-state index >= 15 is 0 Å². The summed E-state index contributed by atoms with van der Waals surface area (Å²) in [7, 11) is -4.07. The standard InChI is InChI=1S/C10H14F3N3O2S/c1-6(2)15-19(17,18)16-9-4-3-7(14)5-8(9)10(11,12)13/h3-6,15-16H,14H2,1-2H3. The van der Waals surface area contributed by atoms with E-state index in [2.05, 4.69) is 4.72 Å². The summed E-state index contributed by atoms with van der Waals surface area (Å²) in [5, 5.41) is 0. The summed E-state index contributed by atoms with van der Waals surface area (Å²) in [6, 6.07) is 2.38. The lowest BCUT2D eigenvalue weighted by Gasteiger charge is -2.16. The number of hydrogen-bond donors (Lipinski definition) is 3. The molecule has 0 spiro atoms. The molecule has 19 heavy (non-hydrogen) atoms. The van der Waals surface area contributed by atoms with Crippen LogP contribution in [0.2, 0.25) is 0 Å². The minimum Gasteiger partial charge on any atom is -0.399 e. The predicted molar refractivity (Wildman–Crippen MR) is 66.7 cm³/mol. The van der Waals surface area contributed by atoms with Crippen molar-refractivity contribution < 1.29 is 21.6 Å². The lowest BCUT2D eigenvalue weighted by atomic mass is 10.1. The Labute approximate surface area is 109 Å². The Hall–Kier alpha value is -1.48. The molecule has 0 aliphatic carbocycles. The fourth-order valence-corrected chi connectivity index (χ4v) is 2.52. The molecule has 9 heteroatoms. The summed E-state index contributed by atoms with van der Waals surface area (Å²) in [6.45, 7) is 3.10. The van der Waals surface area contributed by atoms with Gasteiger partial charge in [0, 0.05) is 11.7 Å². The molecule has 5 nitrogen and oxygen atoms in total. The molecular formula is C10H14F3N3O2S. The van der Waals surface area contributed by atoms with E-state index in [4.69, 9.17) is 5.73 Å². The van der Waals surface area contributed by atoms with Gasteiger partial charge in [-0.25, -0.2) is 0 Å². The monoisotopic (exact) mass is 297 g/mol. The molecule has 0 radical (unpaired) electrons. The van der Waals surface area contributed by atoms with E-state index in [9.17, 15) is 21.6 Å². The van der Waals surface area contributed by atoms with Crippen LogP contribution in [0.3, 0.4) is 0 Å². The zero-order valence-electron chi connectivity index (χ0n) is 10.2. The molecule has 0 aliphatic rings. The molecular weight excluding hydrogens is 283 g/mol. The van der Waals surface area contributed by atoms with E-state index in [0.717, 1.165) is 6.07 Å². The maximum atomic E-state index is 12.8. The number of halogens is 3. The quantitative estimate of drug-likeness (QED) is 0.743. The van der Waals surface area contributed by atoms with Crippen LogP contribution in [0.4, 0.5) is 24.5 Å². The first-order valence-corrected chi connectivity index (χ1v) is 6.76. The van der Waals surface area contributed by atoms with E-state index in [0.29, 0.717) is 6.07 Å². The Bertz CT molecular complexity index is 556. The van der Waals surface area contributed by atoms with Crippen molar-refractivity contribution in [3.63, 3.8) is 0 Å². The van der Waals surface area contributed by atoms with Gasteiger partial charge in [-0.2, -0.15) is 26.3 Å². The molecule has 0 aliphatic heterocycles. The molecule has 108 valence electrons. The second kappa shape index (κ2) is 5.25. The van der Waals surface area contributed by atoms with Gasteiger partial charge in [0.05, 0.1) is 11.3 Å². The van der Waals surface area contributed by atoms with Crippen LogP contribution in [0.25, 0.3) is 0 Å². The first kappa shape index (κ1) is 15.6. The lowest BCUT2D eigenvalue weighted by Crippen LogP contribution is -2.35. The second-order valence-corrected chi connectivity index (χ2v) is 5.63. The zero-order valence-corrected chi connectivity index (χ0v) is 11.1. The van der Waals surface area contributed by atoms with Crippen LogP contribution < -0.4 is 15.2 Å². The van der Waals surface area contributed by atoms with Crippen LogP contribution in [0.1, 0.15) is 19.4 Å². The maximum absolute atomic E-state index is 12.8. The molecule has 0 aromatic heterocycles. The number of nitrogens with two attached hydrogens (primary N) is 1. The highest BCUT2D eigenvalue weighted by Crippen LogP contribution is 2.36. The van der Waals surface area contributed by atoms with Gasteiger partial charge < -0.3 is 5.73 Å². The largest absolute Gasteiger partial charge is 0.418 e. The van der Waals surface area contributed by atoms with Gasteiger partial charge in [-0.15, -0.1) is 0 Å². The number of nitrogen functional groups attached to an aromatic ring is 1. The first-order valence-electron chi connectivity index (χ1n) is 5.28. The summed E-state index contributed by atoms with van der Waals surface area (Å²) in [5.74, 6) is 0. The average Bonchev–Trinajstić information content (AvgIpc) is 2.16. The van der Waals surface area contributed by atoms with Gasteiger partial charge in [-0.3, -0.25) is 4.72 Å². The highest BCUT2D eigenvalue weighted by atomic mass is 32.2. The number of alkyl halides is 3. The number of nitrogens with one attached hydrogen (secondary N) is 2. The molecule has 0 fully saturated rings. The predicted octanol–water partition coefficient (Wildman–Crippen LogP) is 1.94. The molecule has 0 saturated heterocycles. The zero-order chi connectivity index (χ0) is 14.8. The highest BCUT2D eigenvalue weighted by molar-refractivity contribution is 7.90. The Kier molecular flexibility index (Phi) is 4.31. The minimum atomic E-state index is -4.70. The second-order valence-electron chi connectivity index (χ2n) is 4.18. The summed E-state index contributed by atoms with van der Waals surface area (Å²) in [4.78, 5) is 0. The minimum absolute atomic E-state index is 0.105. The van der Waals surface area contributed by atoms with Crippen LogP contribution in [-0.2, 0) is 16.4 Å². The molecule has 0 bridgehead atoms. The number of rotatable bonds is 4. The number of hydrogen-bond acceptors (Lipinski definition) is 3. The first-order chi connectivity index (χ1) is 8.51. The Morgan fingerprint density at radius 2 is 1.84 bits per heavy atom. The fraction of sp³-hybridized carbons (Fsp3) is 0.400. The molecule has 0 atom stereocenters. The molecule has 0 saturated carbocycles. The van der Waals surface area contributed by atoms with Gasteiger partial charge in [0.2, 0.25) is 0 Å². The lowest BCUT2D eigenvalue weighted by molar-refractivity contribution is -0.136.